The minimum Gasteiger partial charge on any atom is -0.480 e. The Hall–Kier alpha value is -2.48. The number of thioether (sulfide) groups is 1. The number of rotatable bonds is 9. The van der Waals surface area contributed by atoms with E-state index in [0.29, 0.717) is 29.9 Å². The Morgan fingerprint density at radius 2 is 2.00 bits per heavy atom. The maximum atomic E-state index is 12.6. The molecule has 1 N–H and O–H groups in total. The molecule has 0 spiro atoms. The highest BCUT2D eigenvalue weighted by molar-refractivity contribution is 7.98. The maximum Gasteiger partial charge on any atom is 0.336 e. The molecular weight excluding hydrogens is 394 g/mol. The summed E-state index contributed by atoms with van der Waals surface area (Å²) >= 11 is 1.58. The fraction of sp³-hybridized carbons (Fsp3) is 0.476. The minimum absolute atomic E-state index is 0.405. The SMILES string of the molecule is CCc1cc2c(C)cc(=O)oc2cc1O[C@@H](C)C(=O)N[C@@H](CCSC)C(=O)OC. The molecule has 0 aliphatic heterocycles. The predicted octanol–water partition coefficient (Wildman–Crippen LogP) is 2.84. The smallest absolute Gasteiger partial charge is 0.336 e. The van der Waals surface area contributed by atoms with Crippen LogP contribution in [0.3, 0.4) is 0 Å². The normalized spacial score (nSPS) is 13.0. The number of carbonyl (C=O) groups is 2. The summed E-state index contributed by atoms with van der Waals surface area (Å²) in [5.41, 5.74) is 1.67. The van der Waals surface area contributed by atoms with Crippen LogP contribution in [0.1, 0.15) is 31.4 Å². The van der Waals surface area contributed by atoms with Crippen molar-refractivity contribution in [3.8, 4) is 5.75 Å². The molecule has 0 unspecified atom stereocenters. The van der Waals surface area contributed by atoms with Gasteiger partial charge >= 0.3 is 11.6 Å². The van der Waals surface area contributed by atoms with Crippen LogP contribution >= 0.6 is 11.8 Å². The number of fused-ring (bicyclic) bond motifs is 1. The first kappa shape index (κ1) is 22.8. The summed E-state index contributed by atoms with van der Waals surface area (Å²) in [6, 6.07) is 4.26. The Labute approximate surface area is 174 Å². The highest BCUT2D eigenvalue weighted by Crippen LogP contribution is 2.28. The molecule has 2 atom stereocenters. The summed E-state index contributed by atoms with van der Waals surface area (Å²) in [6.45, 7) is 5.42. The summed E-state index contributed by atoms with van der Waals surface area (Å²) in [5, 5.41) is 3.52. The average Bonchev–Trinajstić information content (AvgIpc) is 2.69. The van der Waals surface area contributed by atoms with Crippen LogP contribution in [-0.2, 0) is 20.7 Å². The first-order valence-corrected chi connectivity index (χ1v) is 10.8. The number of hydrogen-bond acceptors (Lipinski definition) is 7. The predicted molar refractivity (Wildman–Crippen MR) is 114 cm³/mol. The van der Waals surface area contributed by atoms with E-state index >= 15 is 0 Å². The van der Waals surface area contributed by atoms with Gasteiger partial charge in [0.25, 0.3) is 5.91 Å². The van der Waals surface area contributed by atoms with Gasteiger partial charge in [-0.05, 0) is 55.9 Å². The lowest BCUT2D eigenvalue weighted by atomic mass is 10.1. The zero-order chi connectivity index (χ0) is 21.6. The van der Waals surface area contributed by atoms with Crippen LogP contribution in [0, 0.1) is 6.92 Å². The summed E-state index contributed by atoms with van der Waals surface area (Å²) in [5.74, 6) is 0.263. The van der Waals surface area contributed by atoms with E-state index in [1.807, 2.05) is 26.2 Å². The lowest BCUT2D eigenvalue weighted by Gasteiger charge is -2.21. The van der Waals surface area contributed by atoms with E-state index in [2.05, 4.69) is 5.32 Å². The van der Waals surface area contributed by atoms with Gasteiger partial charge in [0.1, 0.15) is 17.4 Å². The van der Waals surface area contributed by atoms with Crippen LogP contribution in [0.15, 0.2) is 27.4 Å². The molecule has 2 rings (SSSR count). The monoisotopic (exact) mass is 421 g/mol. The summed E-state index contributed by atoms with van der Waals surface area (Å²) < 4.78 is 15.9. The Bertz CT molecular complexity index is 939. The molecule has 0 fully saturated rings. The molecule has 1 heterocycles. The second-order valence-corrected chi connectivity index (χ2v) is 7.67. The maximum absolute atomic E-state index is 12.6. The van der Waals surface area contributed by atoms with Crippen LogP contribution in [-0.4, -0.2) is 43.1 Å². The number of carbonyl (C=O) groups excluding carboxylic acids is 2. The van der Waals surface area contributed by atoms with Crippen molar-refractivity contribution in [2.24, 2.45) is 0 Å². The van der Waals surface area contributed by atoms with Crippen LogP contribution in [0.25, 0.3) is 11.0 Å². The van der Waals surface area contributed by atoms with E-state index in [-0.39, 0.29) is 0 Å². The molecule has 0 bridgehead atoms. The zero-order valence-corrected chi connectivity index (χ0v) is 18.2. The highest BCUT2D eigenvalue weighted by atomic mass is 32.2. The number of esters is 1. The fourth-order valence-corrected chi connectivity index (χ4v) is 3.41. The molecule has 1 aromatic carbocycles. The number of amides is 1. The van der Waals surface area contributed by atoms with Crippen molar-refractivity contribution < 1.29 is 23.5 Å². The largest absolute Gasteiger partial charge is 0.480 e. The second kappa shape index (κ2) is 10.3. The van der Waals surface area contributed by atoms with Gasteiger partial charge in [-0.25, -0.2) is 9.59 Å². The van der Waals surface area contributed by atoms with Crippen LogP contribution in [0.5, 0.6) is 5.75 Å². The van der Waals surface area contributed by atoms with Crippen LogP contribution < -0.4 is 15.7 Å². The van der Waals surface area contributed by atoms with Crippen LogP contribution in [0.2, 0.25) is 0 Å². The molecular formula is C21H27NO6S. The first-order chi connectivity index (χ1) is 13.8. The third-order valence-electron chi connectivity index (χ3n) is 4.60. The van der Waals surface area contributed by atoms with Crippen LogP contribution in [0.4, 0.5) is 0 Å². The molecule has 7 nitrogen and oxygen atoms in total. The number of hydrogen-bond donors (Lipinski definition) is 1. The van der Waals surface area contributed by atoms with Gasteiger partial charge in [-0.15, -0.1) is 0 Å². The Morgan fingerprint density at radius 1 is 1.28 bits per heavy atom. The third kappa shape index (κ3) is 5.76. The van der Waals surface area contributed by atoms with E-state index in [0.717, 1.165) is 16.5 Å². The number of benzene rings is 1. The molecule has 0 aliphatic carbocycles. The summed E-state index contributed by atoms with van der Waals surface area (Å²) in [4.78, 5) is 36.2. The molecule has 29 heavy (non-hydrogen) atoms. The lowest BCUT2D eigenvalue weighted by molar-refractivity contribution is -0.146. The van der Waals surface area contributed by atoms with Crippen molar-refractivity contribution in [2.75, 3.05) is 19.1 Å². The van der Waals surface area contributed by atoms with Gasteiger partial charge in [0, 0.05) is 17.5 Å². The van der Waals surface area contributed by atoms with Crippen molar-refractivity contribution >= 4 is 34.6 Å². The van der Waals surface area contributed by atoms with Gasteiger partial charge in [0.2, 0.25) is 0 Å². The number of nitrogens with one attached hydrogen (secondary N) is 1. The molecule has 0 saturated carbocycles. The molecule has 1 aromatic heterocycles. The van der Waals surface area contributed by atoms with Crippen molar-refractivity contribution in [3.63, 3.8) is 0 Å². The van der Waals surface area contributed by atoms with E-state index in [4.69, 9.17) is 13.9 Å². The van der Waals surface area contributed by atoms with E-state index < -0.39 is 29.6 Å². The first-order valence-electron chi connectivity index (χ1n) is 9.41. The van der Waals surface area contributed by atoms with Gasteiger partial charge < -0.3 is 19.2 Å². The third-order valence-corrected chi connectivity index (χ3v) is 5.24. The highest BCUT2D eigenvalue weighted by Gasteiger charge is 2.25. The number of ether oxygens (including phenoxy) is 2. The molecule has 0 radical (unpaired) electrons. The number of methoxy groups -OCH3 is 1. The van der Waals surface area contributed by atoms with Crippen molar-refractivity contribution in [2.45, 2.75) is 45.8 Å². The summed E-state index contributed by atoms with van der Waals surface area (Å²) in [6.07, 6.45) is 2.22. The van der Waals surface area contributed by atoms with Crippen molar-refractivity contribution in [3.05, 3.63) is 39.7 Å². The molecule has 0 saturated heterocycles. The quantitative estimate of drug-likeness (QED) is 0.491. The average molecular weight is 422 g/mol. The Balaban J connectivity index is 2.23. The molecule has 158 valence electrons. The molecule has 0 aliphatic rings. The Morgan fingerprint density at radius 3 is 2.62 bits per heavy atom. The van der Waals surface area contributed by atoms with Gasteiger partial charge in [-0.1, -0.05) is 6.92 Å². The van der Waals surface area contributed by atoms with E-state index in [1.165, 1.54) is 13.2 Å². The van der Waals surface area contributed by atoms with Crippen molar-refractivity contribution in [1.29, 1.82) is 0 Å². The van der Waals surface area contributed by atoms with Gasteiger partial charge in [-0.3, -0.25) is 4.79 Å². The fourth-order valence-electron chi connectivity index (χ4n) is 2.94. The van der Waals surface area contributed by atoms with Crippen molar-refractivity contribution in [1.82, 2.24) is 5.32 Å². The number of aryl methyl sites for hydroxylation is 2. The molecule has 2 aromatic rings. The second-order valence-electron chi connectivity index (χ2n) is 6.68. The van der Waals surface area contributed by atoms with Gasteiger partial charge in [0.05, 0.1) is 7.11 Å². The topological polar surface area (TPSA) is 94.8 Å². The standard InChI is InChI=1S/C21H27NO6S/c1-6-14-10-15-12(2)9-19(23)28-18(15)11-17(14)27-13(3)20(24)22-16(7-8-29-5)21(25)26-4/h9-11,13,16H,6-8H2,1-5H3,(H,22,24)/t13-,16-/m0/s1. The Kier molecular flexibility index (Phi) is 8.13. The summed E-state index contributed by atoms with van der Waals surface area (Å²) in [7, 11) is 1.29. The zero-order valence-electron chi connectivity index (χ0n) is 17.4. The van der Waals surface area contributed by atoms with E-state index in [9.17, 15) is 14.4 Å². The van der Waals surface area contributed by atoms with Gasteiger partial charge in [-0.2, -0.15) is 11.8 Å². The van der Waals surface area contributed by atoms with E-state index in [1.54, 1.807) is 24.8 Å². The molecule has 8 heteroatoms. The van der Waals surface area contributed by atoms with Gasteiger partial charge in [0.15, 0.2) is 6.10 Å². The molecule has 1 amide bonds. The lowest BCUT2D eigenvalue weighted by Crippen LogP contribution is -2.47. The minimum atomic E-state index is -0.851.